The van der Waals surface area contributed by atoms with E-state index in [2.05, 4.69) is 37.2 Å². The number of rotatable bonds is 2. The molecule has 2 aromatic rings. The summed E-state index contributed by atoms with van der Waals surface area (Å²) in [5.41, 5.74) is -0.405. The zero-order valence-corrected chi connectivity index (χ0v) is 13.5. The smallest absolute Gasteiger partial charge is 0.322 e. The van der Waals surface area contributed by atoms with Crippen molar-refractivity contribution in [2.24, 2.45) is 0 Å². The first-order valence-electron chi connectivity index (χ1n) is 5.71. The van der Waals surface area contributed by atoms with E-state index in [0.717, 1.165) is 12.1 Å². The molecule has 0 bridgehead atoms. The first kappa shape index (κ1) is 16.0. The highest BCUT2D eigenvalue weighted by atomic mass is 79.9. The summed E-state index contributed by atoms with van der Waals surface area (Å²) in [4.78, 5) is 12.1. The van der Waals surface area contributed by atoms with Crippen LogP contribution in [0.2, 0.25) is 0 Å². The van der Waals surface area contributed by atoms with E-state index in [0.29, 0.717) is 14.5 Å². The molecule has 110 valence electrons. The maximum Gasteiger partial charge on any atom is 0.416 e. The van der Waals surface area contributed by atoms with E-state index in [9.17, 15) is 18.0 Å². The monoisotopic (exact) mass is 421 g/mol. The number of amides is 1. The minimum Gasteiger partial charge on any atom is -0.322 e. The number of benzene rings is 2. The molecule has 2 nitrogen and oxygen atoms in total. The number of anilines is 1. The molecule has 2 rings (SSSR count). The van der Waals surface area contributed by atoms with Gasteiger partial charge in [-0.25, -0.2) is 0 Å². The molecule has 1 amide bonds. The summed E-state index contributed by atoms with van der Waals surface area (Å²) in [6.45, 7) is 0. The van der Waals surface area contributed by atoms with Crippen molar-refractivity contribution in [1.29, 1.82) is 0 Å². The molecule has 0 aromatic heterocycles. The van der Waals surface area contributed by atoms with Crippen LogP contribution < -0.4 is 5.32 Å². The van der Waals surface area contributed by atoms with Crippen LogP contribution in [-0.4, -0.2) is 5.91 Å². The van der Waals surface area contributed by atoms with Gasteiger partial charge in [0.2, 0.25) is 0 Å². The standard InChI is InChI=1S/C14H8Br2F3NO/c15-9-4-5-12(16)11(7-9)13(21)20-10-3-1-2-8(6-10)14(17,18)19/h1-7H,(H,20,21). The number of hydrogen-bond acceptors (Lipinski definition) is 1. The normalized spacial score (nSPS) is 11.3. The molecule has 0 atom stereocenters. The fraction of sp³-hybridized carbons (Fsp3) is 0.0714. The lowest BCUT2D eigenvalue weighted by Crippen LogP contribution is -2.13. The summed E-state index contributed by atoms with van der Waals surface area (Å²) >= 11 is 6.47. The van der Waals surface area contributed by atoms with Gasteiger partial charge in [-0.15, -0.1) is 0 Å². The molecule has 0 saturated heterocycles. The Morgan fingerprint density at radius 1 is 1.05 bits per heavy atom. The Morgan fingerprint density at radius 2 is 1.76 bits per heavy atom. The quantitative estimate of drug-likeness (QED) is 0.681. The van der Waals surface area contributed by atoms with Crippen LogP contribution in [0.1, 0.15) is 15.9 Å². The van der Waals surface area contributed by atoms with Gasteiger partial charge >= 0.3 is 6.18 Å². The Labute approximate surface area is 135 Å². The van der Waals surface area contributed by atoms with Crippen LogP contribution in [0, 0.1) is 0 Å². The van der Waals surface area contributed by atoms with Crippen LogP contribution in [0.3, 0.4) is 0 Å². The lowest BCUT2D eigenvalue weighted by molar-refractivity contribution is -0.137. The predicted octanol–water partition coefficient (Wildman–Crippen LogP) is 5.48. The van der Waals surface area contributed by atoms with Crippen LogP contribution in [0.4, 0.5) is 18.9 Å². The Morgan fingerprint density at radius 3 is 2.43 bits per heavy atom. The van der Waals surface area contributed by atoms with Crippen molar-refractivity contribution in [1.82, 2.24) is 0 Å². The van der Waals surface area contributed by atoms with Crippen LogP contribution in [0.15, 0.2) is 51.4 Å². The Bertz CT molecular complexity index is 686. The van der Waals surface area contributed by atoms with Gasteiger partial charge in [-0.1, -0.05) is 22.0 Å². The van der Waals surface area contributed by atoms with Crippen molar-refractivity contribution in [2.75, 3.05) is 5.32 Å². The maximum absolute atomic E-state index is 12.6. The summed E-state index contributed by atoms with van der Waals surface area (Å²) in [5.74, 6) is -0.498. The van der Waals surface area contributed by atoms with Gasteiger partial charge in [0, 0.05) is 14.6 Å². The first-order valence-corrected chi connectivity index (χ1v) is 7.29. The van der Waals surface area contributed by atoms with Crippen molar-refractivity contribution in [3.05, 3.63) is 62.5 Å². The molecule has 0 saturated carbocycles. The molecule has 21 heavy (non-hydrogen) atoms. The van der Waals surface area contributed by atoms with Gasteiger partial charge < -0.3 is 5.32 Å². The highest BCUT2D eigenvalue weighted by Gasteiger charge is 2.30. The van der Waals surface area contributed by atoms with Gasteiger partial charge in [0.25, 0.3) is 5.91 Å². The third-order valence-electron chi connectivity index (χ3n) is 2.62. The van der Waals surface area contributed by atoms with Gasteiger partial charge in [-0.2, -0.15) is 13.2 Å². The van der Waals surface area contributed by atoms with Crippen molar-refractivity contribution in [2.45, 2.75) is 6.18 Å². The molecule has 0 spiro atoms. The van der Waals surface area contributed by atoms with E-state index in [4.69, 9.17) is 0 Å². The molecular weight excluding hydrogens is 415 g/mol. The molecule has 1 N–H and O–H groups in total. The largest absolute Gasteiger partial charge is 0.416 e. The van der Waals surface area contributed by atoms with Gasteiger partial charge in [-0.3, -0.25) is 4.79 Å². The van der Waals surface area contributed by atoms with E-state index < -0.39 is 17.6 Å². The minimum atomic E-state index is -4.45. The summed E-state index contributed by atoms with van der Waals surface area (Å²) in [7, 11) is 0. The SMILES string of the molecule is O=C(Nc1cccc(C(F)(F)F)c1)c1cc(Br)ccc1Br. The fourth-order valence-electron chi connectivity index (χ4n) is 1.64. The molecule has 0 aliphatic carbocycles. The van der Waals surface area contributed by atoms with Gasteiger partial charge in [0.05, 0.1) is 11.1 Å². The van der Waals surface area contributed by atoms with E-state index in [1.165, 1.54) is 12.1 Å². The van der Waals surface area contributed by atoms with E-state index in [1.807, 2.05) is 0 Å². The Balaban J connectivity index is 2.26. The second kappa shape index (κ2) is 6.19. The third kappa shape index (κ3) is 4.07. The Hall–Kier alpha value is -1.34. The predicted molar refractivity (Wildman–Crippen MR) is 81.2 cm³/mol. The van der Waals surface area contributed by atoms with Crippen LogP contribution in [0.25, 0.3) is 0 Å². The lowest BCUT2D eigenvalue weighted by Gasteiger charge is -2.10. The van der Waals surface area contributed by atoms with Crippen molar-refractivity contribution < 1.29 is 18.0 Å². The molecule has 0 fully saturated rings. The second-order valence-electron chi connectivity index (χ2n) is 4.16. The van der Waals surface area contributed by atoms with Gasteiger partial charge in [-0.05, 0) is 52.3 Å². The third-order valence-corrected chi connectivity index (χ3v) is 3.81. The van der Waals surface area contributed by atoms with E-state index in [-0.39, 0.29) is 5.69 Å². The maximum atomic E-state index is 12.6. The number of alkyl halides is 3. The molecule has 0 aliphatic rings. The summed E-state index contributed by atoms with van der Waals surface area (Å²) in [6, 6.07) is 9.48. The van der Waals surface area contributed by atoms with E-state index in [1.54, 1.807) is 18.2 Å². The molecular formula is C14H8Br2F3NO. The average Bonchev–Trinajstić information content (AvgIpc) is 2.41. The van der Waals surface area contributed by atoms with E-state index >= 15 is 0 Å². The van der Waals surface area contributed by atoms with Crippen molar-refractivity contribution in [3.8, 4) is 0 Å². The molecule has 0 radical (unpaired) electrons. The van der Waals surface area contributed by atoms with Crippen LogP contribution in [0.5, 0.6) is 0 Å². The van der Waals surface area contributed by atoms with Gasteiger partial charge in [0.15, 0.2) is 0 Å². The molecule has 2 aromatic carbocycles. The summed E-state index contributed by atoms with van der Waals surface area (Å²) in [5, 5.41) is 2.45. The number of hydrogen-bond donors (Lipinski definition) is 1. The lowest BCUT2D eigenvalue weighted by atomic mass is 10.1. The topological polar surface area (TPSA) is 29.1 Å². The highest BCUT2D eigenvalue weighted by molar-refractivity contribution is 9.11. The van der Waals surface area contributed by atoms with Crippen molar-refractivity contribution in [3.63, 3.8) is 0 Å². The van der Waals surface area contributed by atoms with Crippen molar-refractivity contribution >= 4 is 43.5 Å². The molecule has 7 heteroatoms. The minimum absolute atomic E-state index is 0.0849. The number of carbonyl (C=O) groups excluding carboxylic acids is 1. The Kier molecular flexibility index (Phi) is 4.73. The summed E-state index contributed by atoms with van der Waals surface area (Å²) in [6.07, 6.45) is -4.45. The average molecular weight is 423 g/mol. The number of nitrogens with one attached hydrogen (secondary N) is 1. The first-order chi connectivity index (χ1) is 9.77. The zero-order chi connectivity index (χ0) is 15.6. The second-order valence-corrected chi connectivity index (χ2v) is 5.93. The number of carbonyl (C=O) groups is 1. The van der Waals surface area contributed by atoms with Crippen LogP contribution in [-0.2, 0) is 6.18 Å². The van der Waals surface area contributed by atoms with Gasteiger partial charge in [0.1, 0.15) is 0 Å². The molecule has 0 unspecified atom stereocenters. The summed E-state index contributed by atoms with van der Waals surface area (Å²) < 4.78 is 39.1. The number of halogens is 5. The fourth-order valence-corrected chi connectivity index (χ4v) is 2.43. The zero-order valence-electron chi connectivity index (χ0n) is 10.3. The molecule has 0 heterocycles. The highest BCUT2D eigenvalue weighted by Crippen LogP contribution is 2.31. The van der Waals surface area contributed by atoms with Crippen LogP contribution >= 0.6 is 31.9 Å². The molecule has 0 aliphatic heterocycles.